The Hall–Kier alpha value is -1.78. The molecule has 2 aromatic rings. The van der Waals surface area contributed by atoms with Crippen LogP contribution in [0.15, 0.2) is 10.7 Å². The molecule has 0 unspecified atom stereocenters. The number of aryl methyl sites for hydroxylation is 1. The van der Waals surface area contributed by atoms with Crippen molar-refractivity contribution >= 4 is 5.82 Å². The van der Waals surface area contributed by atoms with Gasteiger partial charge in [0.1, 0.15) is 5.69 Å². The highest BCUT2D eigenvalue weighted by Gasteiger charge is 2.14. The summed E-state index contributed by atoms with van der Waals surface area (Å²) in [5.74, 6) is 1.08. The third-order valence-electron chi connectivity index (χ3n) is 2.02. The molecule has 0 fully saturated rings. The van der Waals surface area contributed by atoms with Gasteiger partial charge in [-0.3, -0.25) is 5.10 Å². The molecule has 0 aliphatic heterocycles. The van der Waals surface area contributed by atoms with Gasteiger partial charge in [0.2, 0.25) is 0 Å². The SMILES string of the molecule is Cc1cn[nH]c1-c1onc(N)c1C. The molecule has 0 radical (unpaired) electrons. The standard InChI is InChI=1S/C8H10N4O/c1-4-3-10-11-6(4)7-5(2)8(9)12-13-7/h3H,1-2H3,(H2,9,12)(H,10,11). The second-order valence-corrected chi connectivity index (χ2v) is 2.95. The molecule has 0 saturated carbocycles. The van der Waals surface area contributed by atoms with E-state index in [2.05, 4.69) is 15.4 Å². The zero-order chi connectivity index (χ0) is 9.42. The molecule has 0 saturated heterocycles. The van der Waals surface area contributed by atoms with Gasteiger partial charge in [0, 0.05) is 5.56 Å². The number of nitrogens with one attached hydrogen (secondary N) is 1. The summed E-state index contributed by atoms with van der Waals surface area (Å²) in [6, 6.07) is 0. The number of hydrogen-bond donors (Lipinski definition) is 2. The van der Waals surface area contributed by atoms with Crippen LogP contribution in [-0.4, -0.2) is 15.4 Å². The van der Waals surface area contributed by atoms with Crippen molar-refractivity contribution in [2.45, 2.75) is 13.8 Å². The van der Waals surface area contributed by atoms with E-state index in [9.17, 15) is 0 Å². The molecule has 0 spiro atoms. The lowest BCUT2D eigenvalue weighted by atomic mass is 10.1. The summed E-state index contributed by atoms with van der Waals surface area (Å²) in [5, 5.41) is 10.4. The van der Waals surface area contributed by atoms with Gasteiger partial charge in [0.25, 0.3) is 0 Å². The molecule has 2 heterocycles. The Balaban J connectivity index is 2.59. The molecular formula is C8H10N4O. The fourth-order valence-corrected chi connectivity index (χ4v) is 1.16. The molecule has 0 aliphatic rings. The molecule has 0 bridgehead atoms. The van der Waals surface area contributed by atoms with Crippen LogP contribution in [0.25, 0.3) is 11.5 Å². The lowest BCUT2D eigenvalue weighted by Gasteiger charge is -1.93. The topological polar surface area (TPSA) is 80.7 Å². The molecular weight excluding hydrogens is 168 g/mol. The number of nitrogens with zero attached hydrogens (tertiary/aromatic N) is 2. The van der Waals surface area contributed by atoms with Crippen molar-refractivity contribution in [3.05, 3.63) is 17.3 Å². The van der Waals surface area contributed by atoms with E-state index in [-0.39, 0.29) is 0 Å². The van der Waals surface area contributed by atoms with Crippen LogP contribution in [0.4, 0.5) is 5.82 Å². The van der Waals surface area contributed by atoms with Gasteiger partial charge < -0.3 is 10.3 Å². The second kappa shape index (κ2) is 2.62. The molecule has 2 aromatic heterocycles. The third-order valence-corrected chi connectivity index (χ3v) is 2.02. The summed E-state index contributed by atoms with van der Waals surface area (Å²) in [4.78, 5) is 0. The molecule has 13 heavy (non-hydrogen) atoms. The first-order chi connectivity index (χ1) is 6.20. The average Bonchev–Trinajstić information content (AvgIpc) is 2.62. The highest BCUT2D eigenvalue weighted by atomic mass is 16.5. The number of anilines is 1. The van der Waals surface area contributed by atoms with Crippen LogP contribution in [0.3, 0.4) is 0 Å². The molecule has 3 N–H and O–H groups in total. The summed E-state index contributed by atoms with van der Waals surface area (Å²) in [5.41, 5.74) is 8.25. The molecule has 0 aliphatic carbocycles. The first kappa shape index (κ1) is 7.85. The van der Waals surface area contributed by atoms with Gasteiger partial charge in [-0.1, -0.05) is 5.16 Å². The first-order valence-electron chi connectivity index (χ1n) is 3.92. The lowest BCUT2D eigenvalue weighted by Crippen LogP contribution is -1.87. The van der Waals surface area contributed by atoms with Gasteiger partial charge in [0.05, 0.1) is 6.20 Å². The Kier molecular flexibility index (Phi) is 1.58. The van der Waals surface area contributed by atoms with E-state index in [4.69, 9.17) is 10.3 Å². The number of rotatable bonds is 1. The Bertz CT molecular complexity index is 429. The van der Waals surface area contributed by atoms with Crippen LogP contribution >= 0.6 is 0 Å². The van der Waals surface area contributed by atoms with E-state index in [0.29, 0.717) is 11.6 Å². The normalized spacial score (nSPS) is 10.6. The Labute approximate surface area is 74.9 Å². The zero-order valence-electron chi connectivity index (χ0n) is 7.46. The van der Waals surface area contributed by atoms with Crippen LogP contribution in [0.2, 0.25) is 0 Å². The van der Waals surface area contributed by atoms with Crippen molar-refractivity contribution in [2.75, 3.05) is 5.73 Å². The Morgan fingerprint density at radius 3 is 2.69 bits per heavy atom. The first-order valence-corrected chi connectivity index (χ1v) is 3.92. The molecule has 0 aromatic carbocycles. The predicted molar refractivity (Wildman–Crippen MR) is 48.0 cm³/mol. The Morgan fingerprint density at radius 1 is 1.46 bits per heavy atom. The number of aromatic amines is 1. The smallest absolute Gasteiger partial charge is 0.189 e. The van der Waals surface area contributed by atoms with E-state index >= 15 is 0 Å². The number of hydrogen-bond acceptors (Lipinski definition) is 4. The third kappa shape index (κ3) is 1.09. The number of nitrogen functional groups attached to an aromatic ring is 1. The fourth-order valence-electron chi connectivity index (χ4n) is 1.16. The van der Waals surface area contributed by atoms with Crippen molar-refractivity contribution in [3.63, 3.8) is 0 Å². The molecule has 2 rings (SSSR count). The summed E-state index contributed by atoms with van der Waals surface area (Å²) in [6.45, 7) is 3.80. The van der Waals surface area contributed by atoms with Gasteiger partial charge in [0.15, 0.2) is 11.6 Å². The maximum atomic E-state index is 5.56. The minimum absolute atomic E-state index is 0.420. The monoisotopic (exact) mass is 178 g/mol. The lowest BCUT2D eigenvalue weighted by molar-refractivity contribution is 0.434. The molecule has 0 amide bonds. The summed E-state index contributed by atoms with van der Waals surface area (Å²) in [6.07, 6.45) is 1.73. The predicted octanol–water partition coefficient (Wildman–Crippen LogP) is 1.26. The largest absolute Gasteiger partial charge is 0.381 e. The van der Waals surface area contributed by atoms with Crippen LogP contribution in [0.1, 0.15) is 11.1 Å². The molecule has 5 heteroatoms. The van der Waals surface area contributed by atoms with Gasteiger partial charge >= 0.3 is 0 Å². The number of H-pyrrole nitrogens is 1. The van der Waals surface area contributed by atoms with Crippen LogP contribution in [-0.2, 0) is 0 Å². The minimum atomic E-state index is 0.420. The summed E-state index contributed by atoms with van der Waals surface area (Å²) >= 11 is 0. The summed E-state index contributed by atoms with van der Waals surface area (Å²) in [7, 11) is 0. The second-order valence-electron chi connectivity index (χ2n) is 2.95. The van der Waals surface area contributed by atoms with Crippen molar-refractivity contribution in [2.24, 2.45) is 0 Å². The summed E-state index contributed by atoms with van der Waals surface area (Å²) < 4.78 is 5.07. The van der Waals surface area contributed by atoms with Crippen LogP contribution < -0.4 is 5.73 Å². The number of nitrogens with two attached hydrogens (primary N) is 1. The van der Waals surface area contributed by atoms with E-state index in [1.807, 2.05) is 13.8 Å². The van der Waals surface area contributed by atoms with Gasteiger partial charge in [-0.05, 0) is 19.4 Å². The van der Waals surface area contributed by atoms with E-state index in [1.54, 1.807) is 6.20 Å². The molecule has 68 valence electrons. The van der Waals surface area contributed by atoms with Gasteiger partial charge in [-0.15, -0.1) is 0 Å². The molecule has 0 atom stereocenters. The van der Waals surface area contributed by atoms with E-state index in [1.165, 1.54) is 0 Å². The van der Waals surface area contributed by atoms with Crippen LogP contribution in [0, 0.1) is 13.8 Å². The number of aromatic nitrogens is 3. The van der Waals surface area contributed by atoms with Crippen molar-refractivity contribution in [1.29, 1.82) is 0 Å². The maximum absolute atomic E-state index is 5.56. The van der Waals surface area contributed by atoms with Gasteiger partial charge in [-0.2, -0.15) is 5.10 Å². The molecule has 5 nitrogen and oxygen atoms in total. The fraction of sp³-hybridized carbons (Fsp3) is 0.250. The zero-order valence-corrected chi connectivity index (χ0v) is 7.46. The van der Waals surface area contributed by atoms with Crippen LogP contribution in [0.5, 0.6) is 0 Å². The average molecular weight is 178 g/mol. The van der Waals surface area contributed by atoms with Gasteiger partial charge in [-0.25, -0.2) is 0 Å². The quantitative estimate of drug-likeness (QED) is 0.688. The Morgan fingerprint density at radius 2 is 2.23 bits per heavy atom. The highest BCUT2D eigenvalue weighted by molar-refractivity contribution is 5.64. The van der Waals surface area contributed by atoms with E-state index in [0.717, 1.165) is 16.8 Å². The highest BCUT2D eigenvalue weighted by Crippen LogP contribution is 2.26. The maximum Gasteiger partial charge on any atom is 0.189 e. The van der Waals surface area contributed by atoms with E-state index < -0.39 is 0 Å². The van der Waals surface area contributed by atoms with Crippen molar-refractivity contribution in [3.8, 4) is 11.5 Å². The van der Waals surface area contributed by atoms with Crippen molar-refractivity contribution in [1.82, 2.24) is 15.4 Å². The van der Waals surface area contributed by atoms with Crippen molar-refractivity contribution < 1.29 is 4.52 Å². The minimum Gasteiger partial charge on any atom is -0.381 e.